The third-order valence-electron chi connectivity index (χ3n) is 3.24. The van der Waals surface area contributed by atoms with Crippen LogP contribution in [0, 0.1) is 10.7 Å². The minimum Gasteiger partial charge on any atom is -0.329 e. The number of rotatable bonds is 1. The van der Waals surface area contributed by atoms with Gasteiger partial charge >= 0.3 is 0 Å². The Morgan fingerprint density at radius 3 is 3.00 bits per heavy atom. The van der Waals surface area contributed by atoms with Gasteiger partial charge < -0.3 is 4.98 Å². The van der Waals surface area contributed by atoms with Crippen molar-refractivity contribution in [2.75, 3.05) is 0 Å². The van der Waals surface area contributed by atoms with Gasteiger partial charge in [0.2, 0.25) is 0 Å². The van der Waals surface area contributed by atoms with Crippen molar-refractivity contribution in [2.24, 2.45) is 5.92 Å². The molecule has 2 aromatic heterocycles. The lowest BCUT2D eigenvalue weighted by Gasteiger charge is -2.33. The highest BCUT2D eigenvalue weighted by atomic mass is 35.5. The lowest BCUT2D eigenvalue weighted by molar-refractivity contribution is 0.218. The molecule has 0 atom stereocenters. The second kappa shape index (κ2) is 3.57. The molecule has 1 aliphatic carbocycles. The molecule has 1 N–H and O–H groups in total. The summed E-state index contributed by atoms with van der Waals surface area (Å²) in [5.74, 6) is 0.796. The normalized spacial score (nSPS) is 24.6. The van der Waals surface area contributed by atoms with Crippen molar-refractivity contribution in [1.82, 2.24) is 14.5 Å². The van der Waals surface area contributed by atoms with Crippen LogP contribution in [-0.4, -0.2) is 14.5 Å². The molecular formula is C11H12ClN3S. The van der Waals surface area contributed by atoms with E-state index in [0.29, 0.717) is 11.1 Å². The van der Waals surface area contributed by atoms with E-state index in [-0.39, 0.29) is 0 Å². The summed E-state index contributed by atoms with van der Waals surface area (Å²) in [6.07, 6.45) is 4.04. The number of imidazole rings is 1. The molecule has 1 saturated carbocycles. The van der Waals surface area contributed by atoms with Gasteiger partial charge in [-0.2, -0.15) is 0 Å². The number of fused-ring (bicyclic) bond motifs is 1. The SMILES string of the molecule is CC1CC(n2c(=S)[nH]c3cc(Cl)cnc32)C1. The molecule has 3 nitrogen and oxygen atoms in total. The average molecular weight is 254 g/mol. The van der Waals surface area contributed by atoms with Gasteiger partial charge in [-0.15, -0.1) is 0 Å². The fourth-order valence-corrected chi connectivity index (χ4v) is 2.90. The average Bonchev–Trinajstić information content (AvgIpc) is 2.48. The van der Waals surface area contributed by atoms with Gasteiger partial charge in [0.05, 0.1) is 10.5 Å². The number of hydrogen-bond acceptors (Lipinski definition) is 2. The molecule has 0 radical (unpaired) electrons. The molecule has 2 heterocycles. The zero-order valence-corrected chi connectivity index (χ0v) is 10.5. The summed E-state index contributed by atoms with van der Waals surface area (Å²) in [4.78, 5) is 7.53. The number of pyridine rings is 1. The van der Waals surface area contributed by atoms with Crippen LogP contribution in [0.5, 0.6) is 0 Å². The van der Waals surface area contributed by atoms with E-state index in [1.165, 1.54) is 12.8 Å². The quantitative estimate of drug-likeness (QED) is 0.786. The third-order valence-corrected chi connectivity index (χ3v) is 3.74. The number of nitrogens with one attached hydrogen (secondary N) is 1. The monoisotopic (exact) mass is 253 g/mol. The molecule has 1 fully saturated rings. The van der Waals surface area contributed by atoms with Crippen LogP contribution in [0.3, 0.4) is 0 Å². The molecular weight excluding hydrogens is 242 g/mol. The van der Waals surface area contributed by atoms with Crippen molar-refractivity contribution >= 4 is 35.0 Å². The van der Waals surface area contributed by atoms with Gasteiger partial charge in [-0.05, 0) is 37.0 Å². The topological polar surface area (TPSA) is 33.6 Å². The summed E-state index contributed by atoms with van der Waals surface area (Å²) in [6, 6.07) is 2.38. The molecule has 0 unspecified atom stereocenters. The number of H-pyrrole nitrogens is 1. The number of aromatic amines is 1. The first-order valence-electron chi connectivity index (χ1n) is 5.41. The van der Waals surface area contributed by atoms with Crippen molar-refractivity contribution in [3.8, 4) is 0 Å². The van der Waals surface area contributed by atoms with Gasteiger partial charge in [0, 0.05) is 12.2 Å². The highest BCUT2D eigenvalue weighted by Crippen LogP contribution is 2.38. The van der Waals surface area contributed by atoms with E-state index >= 15 is 0 Å². The maximum atomic E-state index is 5.91. The number of hydrogen-bond donors (Lipinski definition) is 1. The Bertz CT molecular complexity index is 595. The van der Waals surface area contributed by atoms with Crippen molar-refractivity contribution in [1.29, 1.82) is 0 Å². The van der Waals surface area contributed by atoms with E-state index < -0.39 is 0 Å². The molecule has 0 aromatic carbocycles. The van der Waals surface area contributed by atoms with Crippen LogP contribution in [0.1, 0.15) is 25.8 Å². The molecule has 0 bridgehead atoms. The number of halogens is 1. The second-order valence-corrected chi connectivity index (χ2v) is 5.38. The first-order chi connectivity index (χ1) is 7.65. The molecule has 2 aromatic rings. The van der Waals surface area contributed by atoms with Gasteiger partial charge in [-0.3, -0.25) is 4.57 Å². The van der Waals surface area contributed by atoms with Crippen LogP contribution in [0.2, 0.25) is 5.02 Å². The summed E-state index contributed by atoms with van der Waals surface area (Å²) in [5.41, 5.74) is 1.85. The minimum atomic E-state index is 0.505. The van der Waals surface area contributed by atoms with Crippen LogP contribution >= 0.6 is 23.8 Å². The lowest BCUT2D eigenvalue weighted by atomic mass is 9.82. The molecule has 3 rings (SSSR count). The molecule has 0 aliphatic heterocycles. The summed E-state index contributed by atoms with van der Waals surface area (Å²) in [7, 11) is 0. The number of aromatic nitrogens is 3. The van der Waals surface area contributed by atoms with E-state index in [0.717, 1.165) is 21.9 Å². The smallest absolute Gasteiger partial charge is 0.179 e. The van der Waals surface area contributed by atoms with Crippen molar-refractivity contribution in [3.63, 3.8) is 0 Å². The highest BCUT2D eigenvalue weighted by Gasteiger charge is 2.28. The summed E-state index contributed by atoms with van der Waals surface area (Å²) < 4.78 is 2.88. The summed E-state index contributed by atoms with van der Waals surface area (Å²) in [5, 5.41) is 0.637. The van der Waals surface area contributed by atoms with Gasteiger partial charge in [0.25, 0.3) is 0 Å². The van der Waals surface area contributed by atoms with E-state index in [9.17, 15) is 0 Å². The number of nitrogens with zero attached hydrogens (tertiary/aromatic N) is 2. The lowest BCUT2D eigenvalue weighted by Crippen LogP contribution is -2.24. The Hall–Kier alpha value is -0.870. The van der Waals surface area contributed by atoms with Crippen LogP contribution in [-0.2, 0) is 0 Å². The van der Waals surface area contributed by atoms with Gasteiger partial charge in [-0.25, -0.2) is 4.98 Å². The van der Waals surface area contributed by atoms with E-state index in [1.807, 2.05) is 6.07 Å². The fraction of sp³-hybridized carbons (Fsp3) is 0.455. The van der Waals surface area contributed by atoms with E-state index in [4.69, 9.17) is 23.8 Å². The zero-order chi connectivity index (χ0) is 11.3. The predicted octanol–water partition coefficient (Wildman–Crippen LogP) is 3.72. The predicted molar refractivity (Wildman–Crippen MR) is 67.4 cm³/mol. The minimum absolute atomic E-state index is 0.505. The van der Waals surface area contributed by atoms with Gasteiger partial charge in [0.15, 0.2) is 10.4 Å². The van der Waals surface area contributed by atoms with Crippen LogP contribution in [0.25, 0.3) is 11.2 Å². The van der Waals surface area contributed by atoms with Crippen molar-refractivity contribution < 1.29 is 0 Å². The molecule has 5 heteroatoms. The van der Waals surface area contributed by atoms with Crippen molar-refractivity contribution in [2.45, 2.75) is 25.8 Å². The maximum absolute atomic E-state index is 5.91. The Morgan fingerprint density at radius 2 is 2.31 bits per heavy atom. The third kappa shape index (κ3) is 1.48. The molecule has 0 spiro atoms. The molecule has 16 heavy (non-hydrogen) atoms. The second-order valence-electron chi connectivity index (χ2n) is 4.56. The van der Waals surface area contributed by atoms with Gasteiger partial charge in [0.1, 0.15) is 0 Å². The van der Waals surface area contributed by atoms with Crippen molar-refractivity contribution in [3.05, 3.63) is 22.1 Å². The van der Waals surface area contributed by atoms with E-state index in [2.05, 4.69) is 21.5 Å². The first kappa shape index (κ1) is 10.3. The Balaban J connectivity index is 2.17. The Kier molecular flexibility index (Phi) is 2.30. The van der Waals surface area contributed by atoms with Crippen LogP contribution in [0.4, 0.5) is 0 Å². The molecule has 84 valence electrons. The molecule has 1 aliphatic rings. The van der Waals surface area contributed by atoms with Crippen LogP contribution in [0.15, 0.2) is 12.3 Å². The van der Waals surface area contributed by atoms with Gasteiger partial charge in [-0.1, -0.05) is 18.5 Å². The maximum Gasteiger partial charge on any atom is 0.179 e. The molecule has 0 amide bonds. The first-order valence-corrected chi connectivity index (χ1v) is 6.19. The van der Waals surface area contributed by atoms with Crippen LogP contribution < -0.4 is 0 Å². The summed E-state index contributed by atoms with van der Waals surface area (Å²) in [6.45, 7) is 2.26. The Morgan fingerprint density at radius 1 is 1.56 bits per heavy atom. The van der Waals surface area contributed by atoms with E-state index in [1.54, 1.807) is 6.20 Å². The standard InChI is InChI=1S/C11H12ClN3S/c1-6-2-8(3-6)15-10-9(14-11(15)16)4-7(12)5-13-10/h4-6,8H,2-3H2,1H3,(H,14,16). The highest BCUT2D eigenvalue weighted by molar-refractivity contribution is 7.71. The fourth-order valence-electron chi connectivity index (χ4n) is 2.40. The largest absolute Gasteiger partial charge is 0.329 e. The Labute approximate surface area is 103 Å². The summed E-state index contributed by atoms with van der Waals surface area (Å²) >= 11 is 11.2. The molecule has 0 saturated heterocycles. The zero-order valence-electron chi connectivity index (χ0n) is 8.90.